The number of aromatic nitrogens is 1. The van der Waals surface area contributed by atoms with Gasteiger partial charge in [-0.2, -0.15) is 5.26 Å². The van der Waals surface area contributed by atoms with Gasteiger partial charge in [-0.25, -0.2) is 4.39 Å². The number of hydrogen-bond acceptors (Lipinski definition) is 5. The summed E-state index contributed by atoms with van der Waals surface area (Å²) in [6, 6.07) is 6.21. The molecule has 0 aliphatic carbocycles. The number of halogens is 1. The minimum atomic E-state index is -1.83. The van der Waals surface area contributed by atoms with Gasteiger partial charge in [0.2, 0.25) is 5.79 Å². The summed E-state index contributed by atoms with van der Waals surface area (Å²) in [7, 11) is 3.32. The first-order chi connectivity index (χ1) is 13.3. The van der Waals surface area contributed by atoms with Gasteiger partial charge in [0.25, 0.3) is 0 Å². The van der Waals surface area contributed by atoms with E-state index in [9.17, 15) is 4.39 Å². The number of allylic oxidation sites excluding steroid dienone is 1. The Morgan fingerprint density at radius 3 is 2.57 bits per heavy atom. The fourth-order valence-corrected chi connectivity index (χ4v) is 2.19. The molecule has 0 saturated heterocycles. The summed E-state index contributed by atoms with van der Waals surface area (Å²) in [5.41, 5.74) is 3.85. The Morgan fingerprint density at radius 2 is 2.11 bits per heavy atom. The van der Waals surface area contributed by atoms with Crippen molar-refractivity contribution in [1.82, 2.24) is 10.3 Å². The highest BCUT2D eigenvalue weighted by molar-refractivity contribution is 5.97. The minimum Gasteiger partial charge on any atom is -0.495 e. The molecular formula is C21H31FN4O2. The molecule has 0 spiro atoms. The van der Waals surface area contributed by atoms with Crippen molar-refractivity contribution in [3.05, 3.63) is 54.1 Å². The van der Waals surface area contributed by atoms with Crippen LogP contribution in [0.1, 0.15) is 31.9 Å². The maximum absolute atomic E-state index is 13.0. The molecule has 1 atom stereocenters. The summed E-state index contributed by atoms with van der Waals surface area (Å²) in [5, 5.41) is 23.9. The molecule has 0 aliphatic rings. The number of rotatable bonds is 6. The molecule has 1 aromatic heterocycles. The Morgan fingerprint density at radius 1 is 1.46 bits per heavy atom. The Hall–Kier alpha value is -2.98. The molecular weight excluding hydrogens is 359 g/mol. The molecule has 0 radical (unpaired) electrons. The lowest BCUT2D eigenvalue weighted by Gasteiger charge is -2.17. The number of fused-ring (bicyclic) bond motifs is 1. The highest BCUT2D eigenvalue weighted by atomic mass is 19.1. The average Bonchev–Trinajstić information content (AvgIpc) is 3.16. The largest absolute Gasteiger partial charge is 0.495 e. The van der Waals surface area contributed by atoms with Crippen LogP contribution in [0.15, 0.2) is 42.9 Å². The van der Waals surface area contributed by atoms with Gasteiger partial charge >= 0.3 is 0 Å². The number of nitrogens with one attached hydrogen (secondary N) is 3. The maximum Gasteiger partial charge on any atom is 0.200 e. The molecule has 0 aliphatic heterocycles. The lowest BCUT2D eigenvalue weighted by atomic mass is 10.1. The lowest BCUT2D eigenvalue weighted by molar-refractivity contribution is 0.0679. The number of alkyl halides is 1. The van der Waals surface area contributed by atoms with Gasteiger partial charge < -0.3 is 25.5 Å². The zero-order valence-electron chi connectivity index (χ0n) is 17.5. The smallest absolute Gasteiger partial charge is 0.200 e. The molecule has 2 aromatic rings. The van der Waals surface area contributed by atoms with Crippen LogP contribution in [0.2, 0.25) is 0 Å². The summed E-state index contributed by atoms with van der Waals surface area (Å²) >= 11 is 0. The number of hydrogen-bond donors (Lipinski definition) is 4. The number of aryl methyl sites for hydroxylation is 1. The number of nitrogens with zero attached hydrogens (tertiary/aromatic N) is 1. The fourth-order valence-electron chi connectivity index (χ4n) is 2.19. The summed E-state index contributed by atoms with van der Waals surface area (Å²) in [4.78, 5) is 3.11. The molecule has 154 valence electrons. The van der Waals surface area contributed by atoms with E-state index >= 15 is 0 Å². The Labute approximate surface area is 166 Å². The van der Waals surface area contributed by atoms with Crippen LogP contribution in [0, 0.1) is 18.3 Å². The van der Waals surface area contributed by atoms with Crippen LogP contribution in [0.5, 0.6) is 0 Å². The number of anilines is 1. The first-order valence-corrected chi connectivity index (χ1v) is 8.96. The number of ether oxygens (including phenoxy) is 1. The SMILES string of the molecule is C=C/C(=C\NC(C)(F)CO)OC.CC.CNc1ccc(C)c2c(C#N)c[nH]c12. The highest BCUT2D eigenvalue weighted by Crippen LogP contribution is 2.27. The van der Waals surface area contributed by atoms with Crippen LogP contribution in [0.3, 0.4) is 0 Å². The van der Waals surface area contributed by atoms with Crippen molar-refractivity contribution < 1.29 is 14.2 Å². The highest BCUT2D eigenvalue weighted by Gasteiger charge is 2.18. The first-order valence-electron chi connectivity index (χ1n) is 8.96. The second kappa shape index (κ2) is 12.4. The molecule has 0 amide bonds. The Balaban J connectivity index is 0.000000485. The van der Waals surface area contributed by atoms with E-state index in [1.165, 1.54) is 26.3 Å². The number of aliphatic hydroxyl groups excluding tert-OH is 1. The number of aliphatic hydroxyl groups is 1. The molecule has 4 N–H and O–H groups in total. The van der Waals surface area contributed by atoms with Gasteiger partial charge in [0, 0.05) is 24.8 Å². The number of aromatic amines is 1. The number of nitriles is 1. The van der Waals surface area contributed by atoms with Gasteiger partial charge in [0.05, 0.1) is 30.5 Å². The monoisotopic (exact) mass is 390 g/mol. The van der Waals surface area contributed by atoms with Gasteiger partial charge in [-0.15, -0.1) is 0 Å². The molecule has 1 aromatic carbocycles. The van der Waals surface area contributed by atoms with Crippen LogP contribution < -0.4 is 10.6 Å². The van der Waals surface area contributed by atoms with Crippen LogP contribution in [-0.4, -0.2) is 36.6 Å². The Bertz CT molecular complexity index is 820. The fraction of sp³-hybridized carbons (Fsp3) is 0.381. The molecule has 28 heavy (non-hydrogen) atoms. The van der Waals surface area contributed by atoms with Gasteiger partial charge in [-0.3, -0.25) is 0 Å². The van der Waals surface area contributed by atoms with Crippen molar-refractivity contribution >= 4 is 16.6 Å². The predicted molar refractivity (Wildman–Crippen MR) is 114 cm³/mol. The van der Waals surface area contributed by atoms with Gasteiger partial charge in [-0.05, 0) is 31.6 Å². The molecule has 1 heterocycles. The molecule has 0 fully saturated rings. The van der Waals surface area contributed by atoms with E-state index in [0.717, 1.165) is 22.2 Å². The summed E-state index contributed by atoms with van der Waals surface area (Å²) < 4.78 is 17.7. The molecule has 0 bridgehead atoms. The summed E-state index contributed by atoms with van der Waals surface area (Å²) in [5.74, 6) is -1.42. The van der Waals surface area contributed by atoms with E-state index in [1.807, 2.05) is 40.0 Å². The standard InChI is InChI=1S/C11H11N3.C8H14FNO2.C2H6/c1-7-3-4-9(13-2)11-10(7)8(5-12)6-14-11;1-4-7(12-3)5-10-8(2,9)6-11;1-2/h3-4,6,13-14H,1-2H3;4-5,10-11H,1,6H2,2-3H3;1-2H3/b;7-5+;. The lowest BCUT2D eigenvalue weighted by Crippen LogP contribution is -2.37. The maximum atomic E-state index is 13.0. The third-order valence-electron chi connectivity index (χ3n) is 3.68. The topological polar surface area (TPSA) is 93.1 Å². The van der Waals surface area contributed by atoms with Crippen LogP contribution >= 0.6 is 0 Å². The third-order valence-corrected chi connectivity index (χ3v) is 3.68. The predicted octanol–water partition coefficient (Wildman–Crippen LogP) is 4.34. The van der Waals surface area contributed by atoms with Crippen LogP contribution in [0.25, 0.3) is 10.9 Å². The van der Waals surface area contributed by atoms with Crippen molar-refractivity contribution in [2.45, 2.75) is 33.5 Å². The number of H-pyrrole nitrogens is 1. The van der Waals surface area contributed by atoms with Gasteiger partial charge in [0.15, 0.2) is 0 Å². The summed E-state index contributed by atoms with van der Waals surface area (Å²) in [6.45, 7) is 10.1. The van der Waals surface area contributed by atoms with Crippen LogP contribution in [0.4, 0.5) is 10.1 Å². The summed E-state index contributed by atoms with van der Waals surface area (Å²) in [6.07, 6.45) is 4.49. The zero-order valence-corrected chi connectivity index (χ0v) is 17.5. The van der Waals surface area contributed by atoms with E-state index in [1.54, 1.807) is 6.20 Å². The minimum absolute atomic E-state index is 0.410. The molecule has 0 saturated carbocycles. The Kier molecular flexibility index (Phi) is 11.1. The van der Waals surface area contributed by atoms with Crippen LogP contribution in [-0.2, 0) is 4.74 Å². The normalized spacial score (nSPS) is 12.3. The van der Waals surface area contributed by atoms with Gasteiger partial charge in [-0.1, -0.05) is 26.5 Å². The van der Waals surface area contributed by atoms with Crippen molar-refractivity contribution in [3.8, 4) is 6.07 Å². The van der Waals surface area contributed by atoms with E-state index in [-0.39, 0.29) is 0 Å². The van der Waals surface area contributed by atoms with E-state index in [0.29, 0.717) is 11.3 Å². The second-order valence-corrected chi connectivity index (χ2v) is 5.70. The number of methoxy groups -OCH3 is 1. The molecule has 2 rings (SSSR count). The quantitative estimate of drug-likeness (QED) is 0.334. The van der Waals surface area contributed by atoms with E-state index < -0.39 is 12.4 Å². The average molecular weight is 391 g/mol. The van der Waals surface area contributed by atoms with Gasteiger partial charge in [0.1, 0.15) is 11.8 Å². The van der Waals surface area contributed by atoms with E-state index in [4.69, 9.17) is 15.1 Å². The molecule has 6 nitrogen and oxygen atoms in total. The third kappa shape index (κ3) is 6.97. The molecule has 7 heteroatoms. The van der Waals surface area contributed by atoms with Crippen molar-refractivity contribution in [3.63, 3.8) is 0 Å². The molecule has 1 unspecified atom stereocenters. The second-order valence-electron chi connectivity index (χ2n) is 5.70. The number of benzene rings is 1. The van der Waals surface area contributed by atoms with Crippen molar-refractivity contribution in [2.75, 3.05) is 26.1 Å². The van der Waals surface area contributed by atoms with Crippen molar-refractivity contribution in [2.24, 2.45) is 0 Å². The first kappa shape index (κ1) is 25.0. The van der Waals surface area contributed by atoms with E-state index in [2.05, 4.69) is 28.3 Å². The zero-order chi connectivity index (χ0) is 21.7. The van der Waals surface area contributed by atoms with Crippen molar-refractivity contribution in [1.29, 1.82) is 5.26 Å².